The van der Waals surface area contributed by atoms with Gasteiger partial charge in [-0.2, -0.15) is 0 Å². The first-order chi connectivity index (χ1) is 15.4. The fraction of sp³-hybridized carbons (Fsp3) is 0.348. The molecule has 0 radical (unpaired) electrons. The van der Waals surface area contributed by atoms with E-state index in [9.17, 15) is 4.79 Å². The Morgan fingerprint density at radius 2 is 1.91 bits per heavy atom. The summed E-state index contributed by atoms with van der Waals surface area (Å²) in [5, 5.41) is 7.30. The number of hydrogen-bond donors (Lipinski definition) is 2. The molecule has 2 unspecified atom stereocenters. The molecule has 0 saturated carbocycles. The van der Waals surface area contributed by atoms with Gasteiger partial charge in [-0.15, -0.1) is 0 Å². The molecule has 9 heteroatoms. The monoisotopic (exact) mass is 430 g/mol. The van der Waals surface area contributed by atoms with E-state index in [1.165, 1.54) is 0 Å². The van der Waals surface area contributed by atoms with Crippen LogP contribution < -0.4 is 15.5 Å². The minimum Gasteiger partial charge on any atom is -0.353 e. The van der Waals surface area contributed by atoms with Crippen LogP contribution in [0, 0.1) is 13.8 Å². The van der Waals surface area contributed by atoms with Crippen molar-refractivity contribution < 1.29 is 4.79 Å². The normalized spacial score (nSPS) is 18.9. The molecule has 0 aliphatic carbocycles. The predicted octanol–water partition coefficient (Wildman–Crippen LogP) is 2.73. The van der Waals surface area contributed by atoms with Gasteiger partial charge in [0.1, 0.15) is 5.82 Å². The molecule has 164 valence electrons. The molecule has 32 heavy (non-hydrogen) atoms. The number of aromatic nitrogens is 5. The number of piperazine rings is 1. The lowest BCUT2D eigenvalue weighted by Gasteiger charge is -2.37. The summed E-state index contributed by atoms with van der Waals surface area (Å²) in [6.07, 6.45) is 6.99. The second-order valence-corrected chi connectivity index (χ2v) is 8.55. The maximum Gasteiger partial charge on any atom is 0.260 e. The van der Waals surface area contributed by atoms with Crippen LogP contribution in [0.4, 0.5) is 11.6 Å². The Balaban J connectivity index is 1.49. The molecule has 9 nitrogen and oxygen atoms in total. The van der Waals surface area contributed by atoms with E-state index in [4.69, 9.17) is 4.98 Å². The van der Waals surface area contributed by atoms with Gasteiger partial charge in [-0.1, -0.05) is 0 Å². The van der Waals surface area contributed by atoms with Crippen LogP contribution in [0.1, 0.15) is 35.6 Å². The number of fused-ring (bicyclic) bond motifs is 2. The van der Waals surface area contributed by atoms with Gasteiger partial charge in [0.05, 0.1) is 28.7 Å². The molecule has 1 saturated heterocycles. The standard InChI is InChI=1S/C23H26N8O/c1-13-9-30(10-14(2)26-13)22-17-6-5-7-24-20(17)18(8-25-22)23(32)29-19-12-31-11-15(3)27-16(4)21(31)28-19/h5-8,11-14,26H,9-10H2,1-4H3,(H,29,32). The lowest BCUT2D eigenvalue weighted by molar-refractivity contribution is 0.102. The highest BCUT2D eigenvalue weighted by atomic mass is 16.1. The van der Waals surface area contributed by atoms with Gasteiger partial charge in [0.2, 0.25) is 0 Å². The molecule has 1 aliphatic heterocycles. The SMILES string of the molecule is Cc1cn2cc(NC(=O)c3cnc(N4CC(C)NC(C)C4)c4cccnc34)nc2c(C)n1. The van der Waals surface area contributed by atoms with E-state index >= 15 is 0 Å². The van der Waals surface area contributed by atoms with E-state index in [0.29, 0.717) is 34.6 Å². The second kappa shape index (κ2) is 7.83. The van der Waals surface area contributed by atoms with Crippen molar-refractivity contribution in [3.63, 3.8) is 0 Å². The number of carbonyl (C=O) groups excluding carboxylic acids is 1. The zero-order valence-electron chi connectivity index (χ0n) is 18.6. The summed E-state index contributed by atoms with van der Waals surface area (Å²) in [7, 11) is 0. The average Bonchev–Trinajstić information content (AvgIpc) is 3.14. The van der Waals surface area contributed by atoms with Gasteiger partial charge in [0.25, 0.3) is 5.91 Å². The number of carbonyl (C=O) groups is 1. The van der Waals surface area contributed by atoms with Gasteiger partial charge in [0, 0.05) is 49.1 Å². The number of rotatable bonds is 3. The van der Waals surface area contributed by atoms with Crippen molar-refractivity contribution >= 4 is 34.1 Å². The van der Waals surface area contributed by atoms with Crippen LogP contribution in [0.25, 0.3) is 16.6 Å². The first kappa shape index (κ1) is 20.3. The number of nitrogens with one attached hydrogen (secondary N) is 2. The lowest BCUT2D eigenvalue weighted by Crippen LogP contribution is -2.54. The van der Waals surface area contributed by atoms with Crippen LogP contribution >= 0.6 is 0 Å². The first-order valence-corrected chi connectivity index (χ1v) is 10.8. The van der Waals surface area contributed by atoms with Crippen LogP contribution in [-0.4, -0.2) is 55.4 Å². The van der Waals surface area contributed by atoms with E-state index in [1.54, 1.807) is 18.6 Å². The Morgan fingerprint density at radius 3 is 2.69 bits per heavy atom. The molecule has 5 heterocycles. The number of pyridine rings is 2. The van der Waals surface area contributed by atoms with Crippen molar-refractivity contribution in [2.75, 3.05) is 23.3 Å². The molecule has 4 aromatic rings. The maximum atomic E-state index is 13.2. The van der Waals surface area contributed by atoms with Gasteiger partial charge in [-0.05, 0) is 39.8 Å². The van der Waals surface area contributed by atoms with E-state index in [1.807, 2.05) is 36.6 Å². The van der Waals surface area contributed by atoms with Gasteiger partial charge in [-0.25, -0.2) is 9.97 Å². The average molecular weight is 431 g/mol. The van der Waals surface area contributed by atoms with Crippen LogP contribution in [0.15, 0.2) is 36.9 Å². The first-order valence-electron chi connectivity index (χ1n) is 10.8. The lowest BCUT2D eigenvalue weighted by atomic mass is 10.1. The van der Waals surface area contributed by atoms with Crippen molar-refractivity contribution in [2.24, 2.45) is 0 Å². The van der Waals surface area contributed by atoms with Crippen LogP contribution in [0.5, 0.6) is 0 Å². The van der Waals surface area contributed by atoms with Crippen LogP contribution in [-0.2, 0) is 0 Å². The van der Waals surface area contributed by atoms with E-state index in [0.717, 1.165) is 35.7 Å². The van der Waals surface area contributed by atoms with Gasteiger partial charge in [-0.3, -0.25) is 14.8 Å². The fourth-order valence-electron chi connectivity index (χ4n) is 4.52. The van der Waals surface area contributed by atoms with Gasteiger partial charge >= 0.3 is 0 Å². The van der Waals surface area contributed by atoms with Crippen molar-refractivity contribution in [1.29, 1.82) is 0 Å². The van der Waals surface area contributed by atoms with Crippen molar-refractivity contribution in [3.8, 4) is 0 Å². The molecule has 1 aliphatic rings. The number of imidazole rings is 1. The number of anilines is 2. The maximum absolute atomic E-state index is 13.2. The highest BCUT2D eigenvalue weighted by Gasteiger charge is 2.25. The summed E-state index contributed by atoms with van der Waals surface area (Å²) in [6, 6.07) is 4.56. The topological polar surface area (TPSA) is 100 Å². The Hall–Kier alpha value is -3.59. The number of aryl methyl sites for hydroxylation is 2. The van der Waals surface area contributed by atoms with E-state index in [-0.39, 0.29) is 5.91 Å². The molecule has 0 aromatic carbocycles. The van der Waals surface area contributed by atoms with E-state index in [2.05, 4.69) is 44.3 Å². The Kier molecular flexibility index (Phi) is 4.97. The van der Waals surface area contributed by atoms with E-state index < -0.39 is 0 Å². The molecule has 5 rings (SSSR count). The summed E-state index contributed by atoms with van der Waals surface area (Å²) in [4.78, 5) is 33.6. The second-order valence-electron chi connectivity index (χ2n) is 8.55. The van der Waals surface area contributed by atoms with Gasteiger partial charge in [0.15, 0.2) is 11.5 Å². The third-order valence-corrected chi connectivity index (χ3v) is 5.69. The van der Waals surface area contributed by atoms with Crippen LogP contribution in [0.2, 0.25) is 0 Å². The third kappa shape index (κ3) is 3.64. The largest absolute Gasteiger partial charge is 0.353 e. The molecule has 2 N–H and O–H groups in total. The Bertz CT molecular complexity index is 1320. The molecule has 0 spiro atoms. The summed E-state index contributed by atoms with van der Waals surface area (Å²) >= 11 is 0. The van der Waals surface area contributed by atoms with Crippen molar-refractivity contribution in [2.45, 2.75) is 39.8 Å². The summed E-state index contributed by atoms with van der Waals surface area (Å²) in [6.45, 7) is 9.85. The quantitative estimate of drug-likeness (QED) is 0.515. The smallest absolute Gasteiger partial charge is 0.260 e. The molecular formula is C23H26N8O. The number of hydrogen-bond acceptors (Lipinski definition) is 7. The summed E-state index contributed by atoms with van der Waals surface area (Å²) in [5.74, 6) is 1.03. The fourth-order valence-corrected chi connectivity index (χ4v) is 4.52. The zero-order chi connectivity index (χ0) is 22.4. The third-order valence-electron chi connectivity index (χ3n) is 5.69. The molecule has 0 bridgehead atoms. The Labute approximate surface area is 185 Å². The molecule has 4 aromatic heterocycles. The number of nitrogens with zero attached hydrogens (tertiary/aromatic N) is 6. The minimum absolute atomic E-state index is 0.291. The molecule has 1 amide bonds. The Morgan fingerprint density at radius 1 is 1.12 bits per heavy atom. The van der Waals surface area contributed by atoms with Crippen molar-refractivity contribution in [3.05, 3.63) is 53.9 Å². The van der Waals surface area contributed by atoms with Crippen molar-refractivity contribution in [1.82, 2.24) is 29.7 Å². The molecule has 2 atom stereocenters. The zero-order valence-corrected chi connectivity index (χ0v) is 18.6. The molecular weight excluding hydrogens is 404 g/mol. The molecule has 1 fully saturated rings. The number of amides is 1. The van der Waals surface area contributed by atoms with Crippen LogP contribution in [0.3, 0.4) is 0 Å². The summed E-state index contributed by atoms with van der Waals surface area (Å²) < 4.78 is 1.87. The predicted molar refractivity (Wildman–Crippen MR) is 124 cm³/mol. The minimum atomic E-state index is -0.291. The summed E-state index contributed by atoms with van der Waals surface area (Å²) in [5.41, 5.74) is 3.46. The highest BCUT2D eigenvalue weighted by molar-refractivity contribution is 6.12. The highest BCUT2D eigenvalue weighted by Crippen LogP contribution is 2.27. The van der Waals surface area contributed by atoms with Gasteiger partial charge < -0.3 is 19.9 Å².